The number of hydrogen-bond acceptors (Lipinski definition) is 4. The maximum Gasteiger partial charge on any atom is 0.145 e. The Morgan fingerprint density at radius 2 is 1.78 bits per heavy atom. The molecule has 2 heterocycles. The highest BCUT2D eigenvalue weighted by Crippen LogP contribution is 2.21. The lowest BCUT2D eigenvalue weighted by atomic mass is 10.2. The van der Waals surface area contributed by atoms with Crippen LogP contribution >= 0.6 is 0 Å². The molecule has 0 aromatic carbocycles. The minimum absolute atomic E-state index is 0.514. The Kier molecular flexibility index (Phi) is 3.89. The lowest BCUT2D eigenvalue weighted by molar-refractivity contribution is 0.169. The molecule has 0 aliphatic rings. The SMILES string of the molecule is CC[C@H](O)c1ccc(Oc2ccc(C)nc2)cn1. The minimum atomic E-state index is -0.514. The average Bonchev–Trinajstić information content (AvgIpc) is 2.41. The molecule has 0 bridgehead atoms. The number of aliphatic hydroxyl groups is 1. The van der Waals surface area contributed by atoms with E-state index in [0.717, 1.165) is 5.69 Å². The predicted molar refractivity (Wildman–Crippen MR) is 68.5 cm³/mol. The van der Waals surface area contributed by atoms with Gasteiger partial charge in [-0.3, -0.25) is 9.97 Å². The minimum Gasteiger partial charge on any atom is -0.454 e. The molecule has 1 atom stereocenters. The summed E-state index contributed by atoms with van der Waals surface area (Å²) in [6.07, 6.45) is 3.41. The summed E-state index contributed by atoms with van der Waals surface area (Å²) >= 11 is 0. The van der Waals surface area contributed by atoms with Gasteiger partial charge in [0.05, 0.1) is 24.2 Å². The zero-order valence-corrected chi connectivity index (χ0v) is 10.5. The maximum absolute atomic E-state index is 9.63. The fourth-order valence-electron chi connectivity index (χ4n) is 1.51. The first-order chi connectivity index (χ1) is 8.69. The van der Waals surface area contributed by atoms with Crippen molar-refractivity contribution in [1.82, 2.24) is 9.97 Å². The monoisotopic (exact) mass is 244 g/mol. The molecular weight excluding hydrogens is 228 g/mol. The van der Waals surface area contributed by atoms with Gasteiger partial charge in [-0.2, -0.15) is 0 Å². The van der Waals surface area contributed by atoms with E-state index in [1.807, 2.05) is 26.0 Å². The molecule has 0 aliphatic carbocycles. The summed E-state index contributed by atoms with van der Waals surface area (Å²) in [6.45, 7) is 3.83. The molecule has 2 aromatic heterocycles. The van der Waals surface area contributed by atoms with Crippen molar-refractivity contribution < 1.29 is 9.84 Å². The van der Waals surface area contributed by atoms with E-state index in [-0.39, 0.29) is 0 Å². The molecule has 0 unspecified atom stereocenters. The Morgan fingerprint density at radius 3 is 2.28 bits per heavy atom. The first-order valence-corrected chi connectivity index (χ1v) is 5.93. The van der Waals surface area contributed by atoms with Crippen LogP contribution in [0.4, 0.5) is 0 Å². The molecule has 4 nitrogen and oxygen atoms in total. The Bertz CT molecular complexity index is 494. The fraction of sp³-hybridized carbons (Fsp3) is 0.286. The van der Waals surface area contributed by atoms with Gasteiger partial charge in [-0.25, -0.2) is 0 Å². The van der Waals surface area contributed by atoms with Crippen LogP contribution in [0, 0.1) is 6.92 Å². The van der Waals surface area contributed by atoms with Crippen molar-refractivity contribution in [2.75, 3.05) is 0 Å². The van der Waals surface area contributed by atoms with E-state index in [1.165, 1.54) is 0 Å². The summed E-state index contributed by atoms with van der Waals surface area (Å²) in [5.74, 6) is 1.30. The van der Waals surface area contributed by atoms with Gasteiger partial charge in [0.2, 0.25) is 0 Å². The standard InChI is InChI=1S/C14H16N2O2/c1-3-14(17)13-7-6-12(9-16-13)18-11-5-4-10(2)15-8-11/h4-9,14,17H,3H2,1-2H3/t14-/m0/s1. The Labute approximate surface area is 106 Å². The molecular formula is C14H16N2O2. The molecule has 18 heavy (non-hydrogen) atoms. The number of aromatic nitrogens is 2. The van der Waals surface area contributed by atoms with Crippen molar-refractivity contribution in [3.8, 4) is 11.5 Å². The van der Waals surface area contributed by atoms with Crippen LogP contribution in [-0.4, -0.2) is 15.1 Å². The topological polar surface area (TPSA) is 55.2 Å². The third kappa shape index (κ3) is 3.05. The molecule has 1 N–H and O–H groups in total. The van der Waals surface area contributed by atoms with Gasteiger partial charge in [0.15, 0.2) is 0 Å². The molecule has 0 aliphatic heterocycles. The van der Waals surface area contributed by atoms with Gasteiger partial charge in [0.1, 0.15) is 11.5 Å². The summed E-state index contributed by atoms with van der Waals surface area (Å²) < 4.78 is 5.60. The van der Waals surface area contributed by atoms with Gasteiger partial charge in [0.25, 0.3) is 0 Å². The number of rotatable bonds is 4. The lowest BCUT2D eigenvalue weighted by Crippen LogP contribution is -1.98. The highest BCUT2D eigenvalue weighted by Gasteiger charge is 2.06. The molecule has 4 heteroatoms. The van der Waals surface area contributed by atoms with Gasteiger partial charge < -0.3 is 9.84 Å². The number of aryl methyl sites for hydroxylation is 1. The summed E-state index contributed by atoms with van der Waals surface area (Å²) in [6, 6.07) is 7.31. The van der Waals surface area contributed by atoms with Gasteiger partial charge in [0, 0.05) is 5.69 Å². The Balaban J connectivity index is 2.08. The second-order valence-corrected chi connectivity index (χ2v) is 4.08. The third-order valence-corrected chi connectivity index (χ3v) is 2.61. The molecule has 0 amide bonds. The van der Waals surface area contributed by atoms with Crippen molar-refractivity contribution >= 4 is 0 Å². The summed E-state index contributed by atoms with van der Waals surface area (Å²) in [7, 11) is 0. The van der Waals surface area contributed by atoms with Crippen molar-refractivity contribution in [2.45, 2.75) is 26.4 Å². The van der Waals surface area contributed by atoms with Crippen LogP contribution in [-0.2, 0) is 0 Å². The average molecular weight is 244 g/mol. The van der Waals surface area contributed by atoms with E-state index in [4.69, 9.17) is 4.74 Å². The van der Waals surface area contributed by atoms with Crippen molar-refractivity contribution in [2.24, 2.45) is 0 Å². The van der Waals surface area contributed by atoms with Gasteiger partial charge in [-0.15, -0.1) is 0 Å². The van der Waals surface area contributed by atoms with Crippen molar-refractivity contribution in [3.05, 3.63) is 48.0 Å². The molecule has 2 aromatic rings. The van der Waals surface area contributed by atoms with E-state index >= 15 is 0 Å². The second kappa shape index (κ2) is 5.60. The number of pyridine rings is 2. The van der Waals surface area contributed by atoms with Crippen LogP contribution in [0.2, 0.25) is 0 Å². The molecule has 2 rings (SSSR count). The summed E-state index contributed by atoms with van der Waals surface area (Å²) in [5.41, 5.74) is 1.61. The normalized spacial score (nSPS) is 12.2. The molecule has 0 fully saturated rings. The summed E-state index contributed by atoms with van der Waals surface area (Å²) in [4.78, 5) is 8.32. The summed E-state index contributed by atoms with van der Waals surface area (Å²) in [5, 5.41) is 9.63. The van der Waals surface area contributed by atoms with E-state index in [0.29, 0.717) is 23.6 Å². The van der Waals surface area contributed by atoms with Gasteiger partial charge >= 0.3 is 0 Å². The highest BCUT2D eigenvalue weighted by molar-refractivity contribution is 5.28. The van der Waals surface area contributed by atoms with Crippen LogP contribution < -0.4 is 4.74 Å². The van der Waals surface area contributed by atoms with Crippen LogP contribution in [0.3, 0.4) is 0 Å². The Hall–Kier alpha value is -1.94. The highest BCUT2D eigenvalue weighted by atomic mass is 16.5. The maximum atomic E-state index is 9.63. The van der Waals surface area contributed by atoms with Crippen LogP contribution in [0.5, 0.6) is 11.5 Å². The van der Waals surface area contributed by atoms with Crippen molar-refractivity contribution in [1.29, 1.82) is 0 Å². The fourth-order valence-corrected chi connectivity index (χ4v) is 1.51. The van der Waals surface area contributed by atoms with Crippen LogP contribution in [0.1, 0.15) is 30.8 Å². The Morgan fingerprint density at radius 1 is 1.11 bits per heavy atom. The molecule has 0 radical (unpaired) electrons. The second-order valence-electron chi connectivity index (χ2n) is 4.08. The van der Waals surface area contributed by atoms with E-state index in [9.17, 15) is 5.11 Å². The van der Waals surface area contributed by atoms with E-state index < -0.39 is 6.10 Å². The number of ether oxygens (including phenoxy) is 1. The number of aliphatic hydroxyl groups excluding tert-OH is 1. The first kappa shape index (κ1) is 12.5. The van der Waals surface area contributed by atoms with Crippen LogP contribution in [0.15, 0.2) is 36.7 Å². The first-order valence-electron chi connectivity index (χ1n) is 5.93. The van der Waals surface area contributed by atoms with E-state index in [1.54, 1.807) is 24.5 Å². The molecule has 0 spiro atoms. The molecule has 0 saturated carbocycles. The van der Waals surface area contributed by atoms with E-state index in [2.05, 4.69) is 9.97 Å². The van der Waals surface area contributed by atoms with Crippen molar-refractivity contribution in [3.63, 3.8) is 0 Å². The van der Waals surface area contributed by atoms with Gasteiger partial charge in [-0.05, 0) is 37.6 Å². The largest absolute Gasteiger partial charge is 0.454 e. The smallest absolute Gasteiger partial charge is 0.145 e. The zero-order chi connectivity index (χ0) is 13.0. The lowest BCUT2D eigenvalue weighted by Gasteiger charge is -2.08. The molecule has 94 valence electrons. The number of hydrogen-bond donors (Lipinski definition) is 1. The number of nitrogens with zero attached hydrogens (tertiary/aromatic N) is 2. The van der Waals surface area contributed by atoms with Gasteiger partial charge in [-0.1, -0.05) is 6.92 Å². The zero-order valence-electron chi connectivity index (χ0n) is 10.5. The third-order valence-electron chi connectivity index (χ3n) is 2.61. The molecule has 0 saturated heterocycles. The van der Waals surface area contributed by atoms with Crippen LogP contribution in [0.25, 0.3) is 0 Å². The quantitative estimate of drug-likeness (QED) is 0.898. The predicted octanol–water partition coefficient (Wildman–Crippen LogP) is 3.02.